The number of nitrogens with zero attached hydrogens (tertiary/aromatic N) is 1. The fraction of sp³-hybridized carbons (Fsp3) is 0.909. The van der Waals surface area contributed by atoms with Crippen molar-refractivity contribution >= 4 is 5.97 Å². The van der Waals surface area contributed by atoms with Crippen molar-refractivity contribution in [3.8, 4) is 0 Å². The molecule has 0 amide bonds. The van der Waals surface area contributed by atoms with Crippen LogP contribution in [0.5, 0.6) is 0 Å². The van der Waals surface area contributed by atoms with Crippen LogP contribution in [0.25, 0.3) is 0 Å². The quantitative estimate of drug-likeness (QED) is 0.285. The Morgan fingerprint density at radius 1 is 0.875 bits per heavy atom. The summed E-state index contributed by atoms with van der Waals surface area (Å²) < 4.78 is 0. The second-order valence-corrected chi connectivity index (χ2v) is 4.21. The van der Waals surface area contributed by atoms with E-state index in [1.165, 1.54) is 30.8 Å². The third-order valence-electron chi connectivity index (χ3n) is 2.56. The molecule has 0 aliphatic rings. The van der Waals surface area contributed by atoms with Gasteiger partial charge in [0.1, 0.15) is 0 Å². The first-order chi connectivity index (χ1) is 7.63. The van der Waals surface area contributed by atoms with E-state index in [2.05, 4.69) is 0 Å². The van der Waals surface area contributed by atoms with Crippen LogP contribution in [0.2, 0.25) is 0 Å². The van der Waals surface area contributed by atoms with Gasteiger partial charge in [-0.2, -0.15) is 5.12 Å². The Morgan fingerprint density at radius 2 is 1.31 bits per heavy atom. The van der Waals surface area contributed by atoms with Crippen molar-refractivity contribution in [3.63, 3.8) is 0 Å². The summed E-state index contributed by atoms with van der Waals surface area (Å²) in [6.45, 7) is 0.749. The highest BCUT2D eigenvalue weighted by Crippen LogP contribution is 2.09. The van der Waals surface area contributed by atoms with Crippen LogP contribution in [0.4, 0.5) is 0 Å². The Kier molecular flexibility index (Phi) is 10.4. The molecule has 0 saturated carbocycles. The van der Waals surface area contributed by atoms with Crippen molar-refractivity contribution in [2.45, 2.75) is 57.8 Å². The van der Waals surface area contributed by atoms with Gasteiger partial charge in [-0.15, -0.1) is 0 Å². The van der Waals surface area contributed by atoms with Crippen LogP contribution in [0, 0.1) is 0 Å². The molecule has 0 aromatic rings. The number of carbonyl (C=O) groups is 1. The Balaban J connectivity index is 2.96. The fourth-order valence-corrected chi connectivity index (χ4v) is 1.63. The molecule has 0 rings (SSSR count). The summed E-state index contributed by atoms with van der Waals surface area (Å²) in [5.74, 6) is 9.86. The first-order valence-electron chi connectivity index (χ1n) is 6.11. The molecule has 0 spiro atoms. The fourth-order valence-electron chi connectivity index (χ4n) is 1.63. The highest BCUT2D eigenvalue weighted by molar-refractivity contribution is 5.66. The molecule has 0 aromatic heterocycles. The van der Waals surface area contributed by atoms with Crippen LogP contribution < -0.4 is 11.7 Å². The van der Waals surface area contributed by atoms with E-state index >= 15 is 0 Å². The normalized spacial score (nSPS) is 10.9. The maximum absolute atomic E-state index is 10.2. The van der Waals surface area contributed by atoms with E-state index in [1.54, 1.807) is 0 Å². The van der Waals surface area contributed by atoms with Crippen molar-refractivity contribution < 1.29 is 9.90 Å². The average molecular weight is 231 g/mol. The lowest BCUT2D eigenvalue weighted by molar-refractivity contribution is -0.137. The van der Waals surface area contributed by atoms with Gasteiger partial charge in [-0.3, -0.25) is 16.5 Å². The molecule has 0 atom stereocenters. The second-order valence-electron chi connectivity index (χ2n) is 4.21. The molecule has 96 valence electrons. The maximum Gasteiger partial charge on any atom is 0.303 e. The van der Waals surface area contributed by atoms with Crippen molar-refractivity contribution in [1.82, 2.24) is 5.12 Å². The molecule has 0 radical (unpaired) electrons. The number of hydrogen-bond donors (Lipinski definition) is 3. The third-order valence-corrected chi connectivity index (χ3v) is 2.56. The number of hydrazine groups is 2. The average Bonchev–Trinajstić information content (AvgIpc) is 2.20. The second kappa shape index (κ2) is 10.9. The highest BCUT2D eigenvalue weighted by atomic mass is 16.4. The lowest BCUT2D eigenvalue weighted by atomic mass is 10.1. The van der Waals surface area contributed by atoms with Gasteiger partial charge < -0.3 is 5.11 Å². The summed E-state index contributed by atoms with van der Waals surface area (Å²) in [5.41, 5.74) is 0. The monoisotopic (exact) mass is 231 g/mol. The molecule has 0 fully saturated rings. The zero-order valence-electron chi connectivity index (χ0n) is 10.0. The summed E-state index contributed by atoms with van der Waals surface area (Å²) >= 11 is 0. The molecule has 0 saturated heterocycles. The van der Waals surface area contributed by atoms with Gasteiger partial charge in [0.15, 0.2) is 0 Å². The van der Waals surface area contributed by atoms with Gasteiger partial charge in [0.2, 0.25) is 0 Å². The van der Waals surface area contributed by atoms with Crippen LogP contribution in [-0.2, 0) is 4.79 Å². The van der Waals surface area contributed by atoms with E-state index < -0.39 is 5.97 Å². The molecule has 0 bridgehead atoms. The molecule has 16 heavy (non-hydrogen) atoms. The molecule has 5 nitrogen and oxygen atoms in total. The molecule has 0 aliphatic heterocycles. The van der Waals surface area contributed by atoms with Crippen LogP contribution >= 0.6 is 0 Å². The van der Waals surface area contributed by atoms with E-state index in [1.807, 2.05) is 0 Å². The summed E-state index contributed by atoms with van der Waals surface area (Å²) in [4.78, 5) is 10.2. The Bertz CT molecular complexity index is 175. The number of carboxylic acid groups (broad SMARTS) is 1. The van der Waals surface area contributed by atoms with Crippen LogP contribution in [0.3, 0.4) is 0 Å². The summed E-state index contributed by atoms with van der Waals surface area (Å²) in [5, 5.41) is 9.66. The number of unbranched alkanes of at least 4 members (excludes halogenated alkanes) is 7. The summed E-state index contributed by atoms with van der Waals surface area (Å²) in [7, 11) is 0. The first kappa shape index (κ1) is 15.3. The Morgan fingerprint density at radius 3 is 1.75 bits per heavy atom. The molecule has 5 N–H and O–H groups in total. The third kappa shape index (κ3) is 13.4. The van der Waals surface area contributed by atoms with Crippen molar-refractivity contribution in [2.24, 2.45) is 11.7 Å². The lowest BCUT2D eigenvalue weighted by Gasteiger charge is -2.07. The van der Waals surface area contributed by atoms with E-state index in [0.717, 1.165) is 32.2 Å². The smallest absolute Gasteiger partial charge is 0.303 e. The van der Waals surface area contributed by atoms with Gasteiger partial charge in [-0.05, 0) is 12.8 Å². The van der Waals surface area contributed by atoms with E-state index in [0.29, 0.717) is 6.42 Å². The van der Waals surface area contributed by atoms with E-state index in [-0.39, 0.29) is 0 Å². The molecular formula is C11H25N3O2. The van der Waals surface area contributed by atoms with Crippen molar-refractivity contribution in [3.05, 3.63) is 0 Å². The molecule has 0 aliphatic carbocycles. The number of aliphatic carboxylic acids is 1. The SMILES string of the molecule is NN(N)CCCCCCCCCCC(=O)O. The van der Waals surface area contributed by atoms with E-state index in [4.69, 9.17) is 16.8 Å². The number of rotatable bonds is 11. The first-order valence-corrected chi connectivity index (χ1v) is 6.11. The highest BCUT2D eigenvalue weighted by Gasteiger charge is 1.97. The summed E-state index contributed by atoms with van der Waals surface area (Å²) in [6.07, 6.45) is 9.15. The van der Waals surface area contributed by atoms with Crippen molar-refractivity contribution in [2.75, 3.05) is 6.54 Å². The van der Waals surface area contributed by atoms with Gasteiger partial charge >= 0.3 is 5.97 Å². The minimum Gasteiger partial charge on any atom is -0.481 e. The van der Waals surface area contributed by atoms with Gasteiger partial charge in [0.25, 0.3) is 0 Å². The van der Waals surface area contributed by atoms with Gasteiger partial charge in [0, 0.05) is 13.0 Å². The van der Waals surface area contributed by atoms with E-state index in [9.17, 15) is 4.79 Å². The largest absolute Gasteiger partial charge is 0.481 e. The Labute approximate surface area is 97.7 Å². The number of nitrogens with two attached hydrogens (primary N) is 2. The predicted octanol–water partition coefficient (Wildman–Crippen LogP) is 1.63. The Hall–Kier alpha value is -0.650. The van der Waals surface area contributed by atoms with Gasteiger partial charge in [-0.1, -0.05) is 38.5 Å². The zero-order chi connectivity index (χ0) is 12.2. The van der Waals surface area contributed by atoms with Crippen LogP contribution in [0.1, 0.15) is 57.8 Å². The maximum atomic E-state index is 10.2. The van der Waals surface area contributed by atoms with Gasteiger partial charge in [0.05, 0.1) is 0 Å². The molecule has 5 heteroatoms. The topological polar surface area (TPSA) is 92.6 Å². The molecule has 0 unspecified atom stereocenters. The number of hydrogen-bond acceptors (Lipinski definition) is 4. The van der Waals surface area contributed by atoms with Crippen LogP contribution in [0.15, 0.2) is 0 Å². The minimum absolute atomic E-state index is 0.308. The molecule has 0 heterocycles. The minimum atomic E-state index is -0.687. The standard InChI is InChI=1S/C11H25N3O2/c12-14(13)10-8-6-4-2-1-3-5-7-9-11(15)16/h1-10,12-13H2,(H,15,16). The molecule has 0 aromatic carbocycles. The van der Waals surface area contributed by atoms with Crippen molar-refractivity contribution in [1.29, 1.82) is 0 Å². The zero-order valence-corrected chi connectivity index (χ0v) is 10.0. The van der Waals surface area contributed by atoms with Crippen LogP contribution in [-0.4, -0.2) is 22.7 Å². The lowest BCUT2D eigenvalue weighted by Crippen LogP contribution is -2.38. The van der Waals surface area contributed by atoms with Gasteiger partial charge in [-0.25, -0.2) is 0 Å². The summed E-state index contributed by atoms with van der Waals surface area (Å²) in [6, 6.07) is 0. The predicted molar refractivity (Wildman–Crippen MR) is 64.3 cm³/mol. The number of carboxylic acids is 1. The molecular weight excluding hydrogens is 206 g/mol.